The van der Waals surface area contributed by atoms with Crippen LogP contribution < -0.4 is 5.73 Å². The fraction of sp³-hybridized carbons (Fsp3) is 0. The summed E-state index contributed by atoms with van der Waals surface area (Å²) in [6, 6.07) is 17.9. The van der Waals surface area contributed by atoms with Crippen LogP contribution in [0.5, 0.6) is 0 Å². The summed E-state index contributed by atoms with van der Waals surface area (Å²) in [5, 5.41) is 0.998. The van der Waals surface area contributed by atoms with Gasteiger partial charge in [-0.15, -0.1) is 0 Å². The summed E-state index contributed by atoms with van der Waals surface area (Å²) in [5.41, 5.74) is 9.73. The van der Waals surface area contributed by atoms with Crippen molar-refractivity contribution in [2.24, 2.45) is 0 Å². The minimum atomic E-state index is 0.763. The Morgan fingerprint density at radius 2 is 1.67 bits per heavy atom. The molecule has 0 bridgehead atoms. The van der Waals surface area contributed by atoms with E-state index in [1.807, 2.05) is 54.6 Å². The maximum atomic E-state index is 6.08. The zero-order chi connectivity index (χ0) is 12.5. The van der Waals surface area contributed by atoms with Gasteiger partial charge in [0, 0.05) is 21.1 Å². The molecule has 2 nitrogen and oxygen atoms in total. The van der Waals surface area contributed by atoms with Gasteiger partial charge in [-0.25, -0.2) is 4.98 Å². The highest BCUT2D eigenvalue weighted by Crippen LogP contribution is 2.26. The molecule has 3 rings (SSSR count). The molecule has 0 aliphatic heterocycles. The number of hydrogen-bond donors (Lipinski definition) is 1. The van der Waals surface area contributed by atoms with E-state index in [4.69, 9.17) is 5.73 Å². The summed E-state index contributed by atoms with van der Waals surface area (Å²) in [5.74, 6) is 0. The van der Waals surface area contributed by atoms with Gasteiger partial charge in [0.05, 0.1) is 11.2 Å². The summed E-state index contributed by atoms with van der Waals surface area (Å²) < 4.78 is 1.06. The molecule has 0 spiro atoms. The molecule has 0 amide bonds. The maximum Gasteiger partial charge on any atom is 0.0730 e. The van der Waals surface area contributed by atoms with Gasteiger partial charge in [-0.2, -0.15) is 0 Å². The Kier molecular flexibility index (Phi) is 2.76. The minimum absolute atomic E-state index is 0.763. The maximum absolute atomic E-state index is 6.08. The number of pyridine rings is 1. The predicted octanol–water partition coefficient (Wildman–Crippen LogP) is 4.25. The first kappa shape index (κ1) is 11.2. The zero-order valence-corrected chi connectivity index (χ0v) is 11.2. The van der Waals surface area contributed by atoms with Gasteiger partial charge >= 0.3 is 0 Å². The highest BCUT2D eigenvalue weighted by molar-refractivity contribution is 9.10. The average molecular weight is 299 g/mol. The van der Waals surface area contributed by atoms with Crippen molar-refractivity contribution in [3.05, 3.63) is 59.1 Å². The van der Waals surface area contributed by atoms with E-state index in [0.29, 0.717) is 0 Å². The molecule has 2 N–H and O–H groups in total. The monoisotopic (exact) mass is 298 g/mol. The largest absolute Gasteiger partial charge is 0.398 e. The third-order valence-electron chi connectivity index (χ3n) is 2.89. The van der Waals surface area contributed by atoms with E-state index in [1.54, 1.807) is 0 Å². The highest BCUT2D eigenvalue weighted by atomic mass is 79.9. The van der Waals surface area contributed by atoms with Crippen molar-refractivity contribution in [2.75, 3.05) is 5.73 Å². The van der Waals surface area contributed by atoms with E-state index >= 15 is 0 Å². The first-order valence-electron chi connectivity index (χ1n) is 5.65. The summed E-state index contributed by atoms with van der Waals surface area (Å²) >= 11 is 3.43. The van der Waals surface area contributed by atoms with Crippen LogP contribution in [0, 0.1) is 0 Å². The number of anilines is 1. The molecular formula is C15H11BrN2. The number of halogens is 1. The second-order valence-corrected chi connectivity index (χ2v) is 5.04. The molecule has 0 atom stereocenters. The number of nitrogens with two attached hydrogens (primary N) is 1. The van der Waals surface area contributed by atoms with E-state index in [0.717, 1.165) is 32.3 Å². The lowest BCUT2D eigenvalue weighted by Gasteiger charge is -2.06. The standard InChI is InChI=1S/C15H11BrN2/c16-11-7-5-10(6-8-11)15-9-13(17)12-3-1-2-4-14(12)18-15/h1-9H,(H2,17,18). The summed E-state index contributed by atoms with van der Waals surface area (Å²) in [6.07, 6.45) is 0. The first-order valence-corrected chi connectivity index (χ1v) is 6.44. The van der Waals surface area contributed by atoms with Crippen molar-refractivity contribution in [3.8, 4) is 11.3 Å². The van der Waals surface area contributed by atoms with Gasteiger partial charge in [-0.3, -0.25) is 0 Å². The molecule has 0 saturated carbocycles. The van der Waals surface area contributed by atoms with Gasteiger partial charge in [0.2, 0.25) is 0 Å². The molecule has 1 heterocycles. The highest BCUT2D eigenvalue weighted by Gasteiger charge is 2.04. The average Bonchev–Trinajstić information content (AvgIpc) is 2.39. The number of hydrogen-bond acceptors (Lipinski definition) is 2. The van der Waals surface area contributed by atoms with Crippen LogP contribution >= 0.6 is 15.9 Å². The Labute approximate surface area is 114 Å². The summed E-state index contributed by atoms with van der Waals surface area (Å²) in [7, 11) is 0. The quantitative estimate of drug-likeness (QED) is 0.729. The number of nitrogen functional groups attached to an aromatic ring is 1. The van der Waals surface area contributed by atoms with Crippen molar-refractivity contribution in [2.45, 2.75) is 0 Å². The smallest absolute Gasteiger partial charge is 0.0730 e. The summed E-state index contributed by atoms with van der Waals surface area (Å²) in [6.45, 7) is 0. The second-order valence-electron chi connectivity index (χ2n) is 4.12. The Balaban J connectivity index is 2.21. The molecule has 1 aromatic heterocycles. The van der Waals surface area contributed by atoms with Crippen LogP contribution in [0.15, 0.2) is 59.1 Å². The number of benzene rings is 2. The molecule has 0 saturated heterocycles. The number of nitrogens with zero attached hydrogens (tertiary/aromatic N) is 1. The van der Waals surface area contributed by atoms with Crippen molar-refractivity contribution in [3.63, 3.8) is 0 Å². The lowest BCUT2D eigenvalue weighted by Crippen LogP contribution is -1.92. The van der Waals surface area contributed by atoms with E-state index in [-0.39, 0.29) is 0 Å². The number of rotatable bonds is 1. The number of para-hydroxylation sites is 1. The molecule has 0 fully saturated rings. The topological polar surface area (TPSA) is 38.9 Å². The fourth-order valence-corrected chi connectivity index (χ4v) is 2.24. The van der Waals surface area contributed by atoms with Crippen molar-refractivity contribution < 1.29 is 0 Å². The Morgan fingerprint density at radius 3 is 2.44 bits per heavy atom. The van der Waals surface area contributed by atoms with E-state index in [9.17, 15) is 0 Å². The normalized spacial score (nSPS) is 10.7. The van der Waals surface area contributed by atoms with Crippen molar-refractivity contribution in [1.29, 1.82) is 0 Å². The molecule has 0 radical (unpaired) electrons. The molecule has 0 unspecified atom stereocenters. The van der Waals surface area contributed by atoms with Gasteiger partial charge in [0.15, 0.2) is 0 Å². The van der Waals surface area contributed by atoms with Gasteiger partial charge < -0.3 is 5.73 Å². The molecule has 18 heavy (non-hydrogen) atoms. The number of fused-ring (bicyclic) bond motifs is 1. The van der Waals surface area contributed by atoms with Crippen LogP contribution in [0.3, 0.4) is 0 Å². The SMILES string of the molecule is Nc1cc(-c2ccc(Br)cc2)nc2ccccc12. The zero-order valence-electron chi connectivity index (χ0n) is 9.60. The van der Waals surface area contributed by atoms with Gasteiger partial charge in [-0.05, 0) is 24.3 Å². The predicted molar refractivity (Wildman–Crippen MR) is 79.3 cm³/mol. The van der Waals surface area contributed by atoms with Gasteiger partial charge in [0.25, 0.3) is 0 Å². The lowest BCUT2D eigenvalue weighted by molar-refractivity contribution is 1.40. The summed E-state index contributed by atoms with van der Waals surface area (Å²) in [4.78, 5) is 4.64. The third kappa shape index (κ3) is 1.97. The van der Waals surface area contributed by atoms with E-state index < -0.39 is 0 Å². The fourth-order valence-electron chi connectivity index (χ4n) is 1.97. The molecule has 88 valence electrons. The third-order valence-corrected chi connectivity index (χ3v) is 3.42. The molecule has 0 aliphatic carbocycles. The first-order chi connectivity index (χ1) is 8.74. The van der Waals surface area contributed by atoms with Crippen LogP contribution in [0.1, 0.15) is 0 Å². The molecular weight excluding hydrogens is 288 g/mol. The molecule has 2 aromatic carbocycles. The van der Waals surface area contributed by atoms with Crippen molar-refractivity contribution >= 4 is 32.5 Å². The van der Waals surface area contributed by atoms with E-state index in [2.05, 4.69) is 20.9 Å². The lowest BCUT2D eigenvalue weighted by atomic mass is 10.1. The van der Waals surface area contributed by atoms with Crippen LogP contribution in [-0.4, -0.2) is 4.98 Å². The Hall–Kier alpha value is -1.87. The number of aromatic nitrogens is 1. The van der Waals surface area contributed by atoms with Crippen molar-refractivity contribution in [1.82, 2.24) is 4.98 Å². The molecule has 3 heteroatoms. The van der Waals surface area contributed by atoms with Crippen LogP contribution in [0.25, 0.3) is 22.2 Å². The van der Waals surface area contributed by atoms with Crippen LogP contribution in [-0.2, 0) is 0 Å². The molecule has 0 aliphatic rings. The van der Waals surface area contributed by atoms with Crippen LogP contribution in [0.4, 0.5) is 5.69 Å². The second kappa shape index (κ2) is 4.42. The van der Waals surface area contributed by atoms with Gasteiger partial charge in [-0.1, -0.05) is 46.3 Å². The van der Waals surface area contributed by atoms with Crippen LogP contribution in [0.2, 0.25) is 0 Å². The van der Waals surface area contributed by atoms with Gasteiger partial charge in [0.1, 0.15) is 0 Å². The minimum Gasteiger partial charge on any atom is -0.398 e. The van der Waals surface area contributed by atoms with E-state index in [1.165, 1.54) is 0 Å². The molecule has 3 aromatic rings. The Morgan fingerprint density at radius 1 is 0.944 bits per heavy atom. The Bertz CT molecular complexity index is 705.